The second-order valence-corrected chi connectivity index (χ2v) is 8.74. The van der Waals surface area contributed by atoms with Crippen molar-refractivity contribution in [3.05, 3.63) is 29.6 Å². The van der Waals surface area contributed by atoms with Crippen LogP contribution >= 0.6 is 0 Å². The Morgan fingerprint density at radius 2 is 1.70 bits per heavy atom. The van der Waals surface area contributed by atoms with Crippen molar-refractivity contribution in [2.75, 3.05) is 13.7 Å². The Kier molecular flexibility index (Phi) is 6.87. The number of carbonyl (C=O) groups is 3. The first kappa shape index (κ1) is 23.3. The largest absolute Gasteiger partial charge is 0.465 e. The molecule has 164 valence electrons. The van der Waals surface area contributed by atoms with Crippen LogP contribution in [0.2, 0.25) is 0 Å². The molecular formula is C21H29N3O6. The van der Waals surface area contributed by atoms with Gasteiger partial charge in [0.15, 0.2) is 5.65 Å². The summed E-state index contributed by atoms with van der Waals surface area (Å²) in [6.45, 7) is 10.9. The lowest BCUT2D eigenvalue weighted by Gasteiger charge is -2.19. The van der Waals surface area contributed by atoms with Gasteiger partial charge in [0.05, 0.1) is 19.2 Å². The fourth-order valence-corrected chi connectivity index (χ4v) is 2.76. The van der Waals surface area contributed by atoms with Crippen LogP contribution in [0.15, 0.2) is 18.5 Å². The van der Waals surface area contributed by atoms with Crippen molar-refractivity contribution in [1.29, 1.82) is 0 Å². The number of methoxy groups -OCH3 is 1. The number of hydrogen-bond acceptors (Lipinski definition) is 8. The molecule has 0 fully saturated rings. The summed E-state index contributed by atoms with van der Waals surface area (Å²) < 4.78 is 16.7. The first-order valence-electron chi connectivity index (χ1n) is 9.55. The van der Waals surface area contributed by atoms with E-state index in [1.807, 2.05) is 0 Å². The van der Waals surface area contributed by atoms with Gasteiger partial charge >= 0.3 is 18.0 Å². The Bertz CT molecular complexity index is 950. The van der Waals surface area contributed by atoms with Crippen LogP contribution in [0.4, 0.5) is 4.79 Å². The van der Waals surface area contributed by atoms with E-state index in [9.17, 15) is 14.4 Å². The van der Waals surface area contributed by atoms with Crippen molar-refractivity contribution in [2.45, 2.75) is 59.3 Å². The molecule has 0 bridgehead atoms. The lowest BCUT2D eigenvalue weighted by atomic mass is 10.1. The number of carbonyl (C=O) groups excluding carboxylic acids is 3. The SMILES string of the molecule is COC(=O)c1cn(C(=O)OC(C)(C)C)c2nccc(CNCC(=O)OC(C)(C)C)c12. The average Bonchev–Trinajstić information content (AvgIpc) is 2.99. The third kappa shape index (κ3) is 6.03. The highest BCUT2D eigenvalue weighted by atomic mass is 16.6. The molecule has 0 radical (unpaired) electrons. The summed E-state index contributed by atoms with van der Waals surface area (Å²) >= 11 is 0. The van der Waals surface area contributed by atoms with E-state index >= 15 is 0 Å². The van der Waals surface area contributed by atoms with E-state index in [1.54, 1.807) is 47.6 Å². The molecular weight excluding hydrogens is 390 g/mol. The van der Waals surface area contributed by atoms with Crippen LogP contribution in [0.5, 0.6) is 0 Å². The molecule has 30 heavy (non-hydrogen) atoms. The number of rotatable bonds is 5. The molecule has 2 rings (SSSR count). The number of hydrogen-bond donors (Lipinski definition) is 1. The minimum atomic E-state index is -0.717. The zero-order chi connectivity index (χ0) is 22.7. The van der Waals surface area contributed by atoms with Gasteiger partial charge in [0.2, 0.25) is 0 Å². The predicted octanol–water partition coefficient (Wildman–Crippen LogP) is 3.04. The molecule has 0 aliphatic rings. The number of nitrogens with zero attached hydrogens (tertiary/aromatic N) is 2. The molecule has 0 unspecified atom stereocenters. The Morgan fingerprint density at radius 1 is 1.07 bits per heavy atom. The van der Waals surface area contributed by atoms with Crippen LogP contribution in [0.3, 0.4) is 0 Å². The minimum Gasteiger partial charge on any atom is -0.465 e. The standard InChI is InChI=1S/C21H29N3O6/c1-20(2,3)29-15(25)11-22-10-13-8-9-23-17-16(13)14(18(26)28-7)12-24(17)19(27)30-21(4,5)6/h8-9,12,22H,10-11H2,1-7H3. The summed E-state index contributed by atoms with van der Waals surface area (Å²) in [4.78, 5) is 41.1. The van der Waals surface area contributed by atoms with Crippen molar-refractivity contribution in [3.63, 3.8) is 0 Å². The molecule has 0 saturated carbocycles. The number of pyridine rings is 1. The molecule has 2 aromatic heterocycles. The van der Waals surface area contributed by atoms with Crippen molar-refractivity contribution < 1.29 is 28.6 Å². The van der Waals surface area contributed by atoms with Crippen LogP contribution in [0, 0.1) is 0 Å². The normalized spacial score (nSPS) is 12.0. The number of nitrogens with one attached hydrogen (secondary N) is 1. The van der Waals surface area contributed by atoms with E-state index in [-0.39, 0.29) is 24.3 Å². The zero-order valence-electron chi connectivity index (χ0n) is 18.5. The fraction of sp³-hybridized carbons (Fsp3) is 0.524. The van der Waals surface area contributed by atoms with Gasteiger partial charge in [0.1, 0.15) is 11.2 Å². The van der Waals surface area contributed by atoms with Gasteiger partial charge in [-0.25, -0.2) is 19.1 Å². The van der Waals surface area contributed by atoms with Gasteiger partial charge in [-0.15, -0.1) is 0 Å². The van der Waals surface area contributed by atoms with Gasteiger partial charge in [0.25, 0.3) is 0 Å². The number of ether oxygens (including phenoxy) is 3. The van der Waals surface area contributed by atoms with Gasteiger partial charge < -0.3 is 19.5 Å². The molecule has 2 aromatic rings. The molecule has 9 nitrogen and oxygen atoms in total. The monoisotopic (exact) mass is 419 g/mol. The predicted molar refractivity (Wildman–Crippen MR) is 110 cm³/mol. The topological polar surface area (TPSA) is 109 Å². The van der Waals surface area contributed by atoms with Gasteiger partial charge in [0, 0.05) is 24.3 Å². The summed E-state index contributed by atoms with van der Waals surface area (Å²) in [6, 6.07) is 1.70. The Balaban J connectivity index is 2.36. The first-order chi connectivity index (χ1) is 13.8. The van der Waals surface area contributed by atoms with Crippen molar-refractivity contribution >= 4 is 29.1 Å². The van der Waals surface area contributed by atoms with Crippen LogP contribution in [-0.4, -0.2) is 52.4 Å². The molecule has 2 heterocycles. The molecule has 0 aromatic carbocycles. The third-order valence-electron chi connectivity index (χ3n) is 3.77. The van der Waals surface area contributed by atoms with Crippen LogP contribution in [0.1, 0.15) is 57.5 Å². The second kappa shape index (κ2) is 8.83. The summed E-state index contributed by atoms with van der Waals surface area (Å²) in [7, 11) is 1.26. The Labute approximate surface area is 175 Å². The Hall–Kier alpha value is -2.94. The van der Waals surface area contributed by atoms with Crippen molar-refractivity contribution in [1.82, 2.24) is 14.9 Å². The average molecular weight is 419 g/mol. The minimum absolute atomic E-state index is 0.0125. The molecule has 0 aliphatic heterocycles. The van der Waals surface area contributed by atoms with Gasteiger partial charge in [-0.2, -0.15) is 0 Å². The summed E-state index contributed by atoms with van der Waals surface area (Å²) in [5.41, 5.74) is -0.176. The summed E-state index contributed by atoms with van der Waals surface area (Å²) in [5, 5.41) is 3.45. The van der Waals surface area contributed by atoms with E-state index in [2.05, 4.69) is 10.3 Å². The van der Waals surface area contributed by atoms with E-state index in [0.717, 1.165) is 0 Å². The van der Waals surface area contributed by atoms with Gasteiger partial charge in [-0.1, -0.05) is 0 Å². The quantitative estimate of drug-likeness (QED) is 0.582. The molecule has 0 saturated heterocycles. The maximum atomic E-state index is 12.6. The zero-order valence-corrected chi connectivity index (χ0v) is 18.5. The third-order valence-corrected chi connectivity index (χ3v) is 3.77. The van der Waals surface area contributed by atoms with Crippen molar-refractivity contribution in [3.8, 4) is 0 Å². The van der Waals surface area contributed by atoms with Crippen LogP contribution < -0.4 is 5.32 Å². The van der Waals surface area contributed by atoms with E-state index in [1.165, 1.54) is 24.1 Å². The summed E-state index contributed by atoms with van der Waals surface area (Å²) in [5.74, 6) is -1.00. The highest BCUT2D eigenvalue weighted by Crippen LogP contribution is 2.25. The highest BCUT2D eigenvalue weighted by Gasteiger charge is 2.25. The summed E-state index contributed by atoms with van der Waals surface area (Å²) in [6.07, 6.45) is 2.22. The smallest absolute Gasteiger partial charge is 0.420 e. The maximum Gasteiger partial charge on any atom is 0.420 e. The van der Waals surface area contributed by atoms with E-state index in [4.69, 9.17) is 14.2 Å². The number of aromatic nitrogens is 2. The second-order valence-electron chi connectivity index (χ2n) is 8.74. The Morgan fingerprint density at radius 3 is 2.27 bits per heavy atom. The maximum absolute atomic E-state index is 12.6. The molecule has 0 spiro atoms. The number of fused-ring (bicyclic) bond motifs is 1. The molecule has 0 amide bonds. The molecule has 9 heteroatoms. The van der Waals surface area contributed by atoms with Gasteiger partial charge in [-0.05, 0) is 53.2 Å². The number of esters is 2. The highest BCUT2D eigenvalue weighted by molar-refractivity contribution is 6.06. The van der Waals surface area contributed by atoms with Crippen LogP contribution in [-0.2, 0) is 25.5 Å². The van der Waals surface area contributed by atoms with E-state index in [0.29, 0.717) is 10.9 Å². The van der Waals surface area contributed by atoms with Crippen molar-refractivity contribution in [2.24, 2.45) is 0 Å². The lowest BCUT2D eigenvalue weighted by molar-refractivity contribution is -0.153. The lowest BCUT2D eigenvalue weighted by Crippen LogP contribution is -2.31. The first-order valence-corrected chi connectivity index (χ1v) is 9.55. The van der Waals surface area contributed by atoms with Gasteiger partial charge in [-0.3, -0.25) is 4.79 Å². The molecule has 1 N–H and O–H groups in total. The molecule has 0 aliphatic carbocycles. The molecule has 0 atom stereocenters. The fourth-order valence-electron chi connectivity index (χ4n) is 2.76. The van der Waals surface area contributed by atoms with E-state index < -0.39 is 29.2 Å². The van der Waals surface area contributed by atoms with Crippen LogP contribution in [0.25, 0.3) is 11.0 Å².